The molecule has 1 heterocycles. The van der Waals surface area contributed by atoms with Gasteiger partial charge < -0.3 is 16.0 Å². The van der Waals surface area contributed by atoms with Crippen molar-refractivity contribution in [1.82, 2.24) is 15.1 Å². The molecule has 0 aromatic rings. The van der Waals surface area contributed by atoms with Crippen LogP contribution in [0.3, 0.4) is 0 Å². The zero-order valence-electron chi connectivity index (χ0n) is 12.5. The first-order valence-corrected chi connectivity index (χ1v) is 7.41. The first kappa shape index (κ1) is 14.8. The molecule has 0 aromatic carbocycles. The fourth-order valence-corrected chi connectivity index (χ4v) is 2.89. The van der Waals surface area contributed by atoms with E-state index in [9.17, 15) is 4.79 Å². The second-order valence-electron chi connectivity index (χ2n) is 6.51. The van der Waals surface area contributed by atoms with Crippen LogP contribution in [0.1, 0.15) is 33.1 Å². The third-order valence-corrected chi connectivity index (χ3v) is 4.51. The second kappa shape index (κ2) is 5.77. The fourth-order valence-electron chi connectivity index (χ4n) is 2.89. The molecule has 3 N–H and O–H groups in total. The zero-order valence-corrected chi connectivity index (χ0v) is 12.5. The number of nitrogens with two attached hydrogens (primary N) is 1. The van der Waals surface area contributed by atoms with Gasteiger partial charge in [-0.25, -0.2) is 0 Å². The van der Waals surface area contributed by atoms with Gasteiger partial charge in [0.2, 0.25) is 5.91 Å². The number of carbonyl (C=O) groups excluding carboxylic acids is 1. The van der Waals surface area contributed by atoms with Crippen LogP contribution in [0.2, 0.25) is 0 Å². The molecule has 1 aliphatic heterocycles. The lowest BCUT2D eigenvalue weighted by Crippen LogP contribution is -2.58. The maximum absolute atomic E-state index is 11.8. The van der Waals surface area contributed by atoms with Gasteiger partial charge in [0.15, 0.2) is 0 Å². The van der Waals surface area contributed by atoms with E-state index in [-0.39, 0.29) is 5.91 Å². The number of hydrogen-bond donors (Lipinski definition) is 2. The van der Waals surface area contributed by atoms with Gasteiger partial charge in [-0.2, -0.15) is 0 Å². The van der Waals surface area contributed by atoms with E-state index < -0.39 is 5.54 Å². The summed E-state index contributed by atoms with van der Waals surface area (Å²) in [5.74, 6) is -0.222. The summed E-state index contributed by atoms with van der Waals surface area (Å²) in [6, 6.07) is 0.884. The van der Waals surface area contributed by atoms with Gasteiger partial charge in [-0.15, -0.1) is 0 Å². The van der Waals surface area contributed by atoms with Gasteiger partial charge in [-0.05, 0) is 40.2 Å². The Kier molecular flexibility index (Phi) is 4.48. The minimum Gasteiger partial charge on any atom is -0.368 e. The Balaban J connectivity index is 1.90. The molecular formula is C14H28N4O. The molecule has 1 aliphatic carbocycles. The minimum atomic E-state index is -0.566. The number of nitrogens with one attached hydrogen (secondary N) is 1. The first-order valence-electron chi connectivity index (χ1n) is 7.41. The quantitative estimate of drug-likeness (QED) is 0.712. The number of likely N-dealkylation sites (N-methyl/N-ethyl adjacent to an activating group) is 1. The Morgan fingerprint density at radius 1 is 1.37 bits per heavy atom. The van der Waals surface area contributed by atoms with Crippen molar-refractivity contribution >= 4 is 5.91 Å². The Morgan fingerprint density at radius 2 is 1.95 bits per heavy atom. The molecule has 2 atom stereocenters. The van der Waals surface area contributed by atoms with Gasteiger partial charge in [0.25, 0.3) is 0 Å². The summed E-state index contributed by atoms with van der Waals surface area (Å²) in [6.45, 7) is 8.54. The largest absolute Gasteiger partial charge is 0.368 e. The van der Waals surface area contributed by atoms with Gasteiger partial charge in [0, 0.05) is 38.3 Å². The van der Waals surface area contributed by atoms with Crippen LogP contribution in [0.4, 0.5) is 0 Å². The molecule has 0 spiro atoms. The molecular weight excluding hydrogens is 240 g/mol. The topological polar surface area (TPSA) is 61.6 Å². The molecule has 0 aromatic heterocycles. The van der Waals surface area contributed by atoms with Gasteiger partial charge in [0.1, 0.15) is 0 Å². The molecule has 0 radical (unpaired) electrons. The Bertz CT molecular complexity index is 323. The Labute approximate surface area is 116 Å². The molecule has 1 saturated carbocycles. The van der Waals surface area contributed by atoms with Crippen molar-refractivity contribution in [1.29, 1.82) is 0 Å². The molecule has 5 heteroatoms. The summed E-state index contributed by atoms with van der Waals surface area (Å²) in [6.07, 6.45) is 3.14. The number of piperazine rings is 1. The van der Waals surface area contributed by atoms with Crippen molar-refractivity contribution in [3.63, 3.8) is 0 Å². The molecule has 5 nitrogen and oxygen atoms in total. The van der Waals surface area contributed by atoms with Crippen molar-refractivity contribution < 1.29 is 4.79 Å². The summed E-state index contributed by atoms with van der Waals surface area (Å²) in [7, 11) is 2.16. The van der Waals surface area contributed by atoms with E-state index in [1.165, 1.54) is 12.8 Å². The number of rotatable bonds is 6. The number of carbonyl (C=O) groups is 1. The van der Waals surface area contributed by atoms with Crippen LogP contribution in [0.5, 0.6) is 0 Å². The van der Waals surface area contributed by atoms with E-state index in [2.05, 4.69) is 29.1 Å². The summed E-state index contributed by atoms with van der Waals surface area (Å²) in [5.41, 5.74) is 5.05. The normalized spacial score (nSPS) is 26.9. The lowest BCUT2D eigenvalue weighted by Gasteiger charge is -2.40. The standard InChI is InChI=1S/C14H28N4O/c1-11(18-8-6-17(3)7-9-18)10-14(2,13(15)19)16-12-4-5-12/h11-12,16H,4-10H2,1-3H3,(H2,15,19). The van der Waals surface area contributed by atoms with Crippen molar-refractivity contribution in [3.8, 4) is 0 Å². The molecule has 2 unspecified atom stereocenters. The van der Waals surface area contributed by atoms with Gasteiger partial charge in [0.05, 0.1) is 5.54 Å². The van der Waals surface area contributed by atoms with E-state index in [4.69, 9.17) is 5.73 Å². The summed E-state index contributed by atoms with van der Waals surface area (Å²) >= 11 is 0. The van der Waals surface area contributed by atoms with Crippen LogP contribution in [-0.2, 0) is 4.79 Å². The van der Waals surface area contributed by atoms with Crippen LogP contribution < -0.4 is 11.1 Å². The highest BCUT2D eigenvalue weighted by atomic mass is 16.1. The Morgan fingerprint density at radius 3 is 2.42 bits per heavy atom. The van der Waals surface area contributed by atoms with Gasteiger partial charge >= 0.3 is 0 Å². The van der Waals surface area contributed by atoms with Crippen LogP contribution in [0, 0.1) is 0 Å². The molecule has 2 rings (SSSR count). The van der Waals surface area contributed by atoms with Gasteiger partial charge in [-0.3, -0.25) is 9.69 Å². The molecule has 1 saturated heterocycles. The highest BCUT2D eigenvalue weighted by molar-refractivity contribution is 5.84. The third-order valence-electron chi connectivity index (χ3n) is 4.51. The van der Waals surface area contributed by atoms with Crippen molar-refractivity contribution in [2.24, 2.45) is 5.73 Å². The molecule has 19 heavy (non-hydrogen) atoms. The molecule has 2 aliphatic rings. The predicted molar refractivity (Wildman–Crippen MR) is 76.9 cm³/mol. The molecule has 0 bridgehead atoms. The van der Waals surface area contributed by atoms with Crippen molar-refractivity contribution in [2.45, 2.75) is 50.7 Å². The highest BCUT2D eigenvalue weighted by Crippen LogP contribution is 2.26. The smallest absolute Gasteiger partial charge is 0.237 e. The van der Waals surface area contributed by atoms with Crippen LogP contribution in [-0.4, -0.2) is 66.6 Å². The van der Waals surface area contributed by atoms with E-state index in [1.807, 2.05) is 6.92 Å². The highest BCUT2D eigenvalue weighted by Gasteiger charge is 2.39. The fraction of sp³-hybridized carbons (Fsp3) is 0.929. The summed E-state index contributed by atoms with van der Waals surface area (Å²) in [4.78, 5) is 16.6. The van der Waals surface area contributed by atoms with E-state index in [0.29, 0.717) is 12.1 Å². The van der Waals surface area contributed by atoms with Crippen LogP contribution in [0.25, 0.3) is 0 Å². The van der Waals surface area contributed by atoms with Crippen molar-refractivity contribution in [2.75, 3.05) is 33.2 Å². The second-order valence-corrected chi connectivity index (χ2v) is 6.51. The van der Waals surface area contributed by atoms with E-state index in [0.717, 1.165) is 32.6 Å². The minimum absolute atomic E-state index is 0.222. The summed E-state index contributed by atoms with van der Waals surface area (Å²) < 4.78 is 0. The lowest BCUT2D eigenvalue weighted by molar-refractivity contribution is -0.124. The number of hydrogen-bond acceptors (Lipinski definition) is 4. The molecule has 1 amide bonds. The maximum atomic E-state index is 11.8. The number of nitrogens with zero attached hydrogens (tertiary/aromatic N) is 2. The predicted octanol–water partition coefficient (Wildman–Crippen LogP) is 0.00840. The molecule has 110 valence electrons. The average molecular weight is 268 g/mol. The Hall–Kier alpha value is -0.650. The average Bonchev–Trinajstić information content (AvgIpc) is 3.13. The van der Waals surface area contributed by atoms with Crippen LogP contribution in [0.15, 0.2) is 0 Å². The van der Waals surface area contributed by atoms with E-state index >= 15 is 0 Å². The third kappa shape index (κ3) is 3.91. The van der Waals surface area contributed by atoms with Crippen LogP contribution >= 0.6 is 0 Å². The summed E-state index contributed by atoms with van der Waals surface area (Å²) in [5, 5.41) is 3.43. The monoisotopic (exact) mass is 268 g/mol. The first-order chi connectivity index (χ1) is 8.90. The zero-order chi connectivity index (χ0) is 14.0. The number of primary amides is 1. The van der Waals surface area contributed by atoms with Crippen molar-refractivity contribution in [3.05, 3.63) is 0 Å². The lowest BCUT2D eigenvalue weighted by atomic mass is 9.91. The maximum Gasteiger partial charge on any atom is 0.237 e. The number of amides is 1. The SMILES string of the molecule is CC(CC(C)(NC1CC1)C(N)=O)N1CCN(C)CC1. The van der Waals surface area contributed by atoms with Gasteiger partial charge in [-0.1, -0.05) is 0 Å². The molecule has 2 fully saturated rings. The van der Waals surface area contributed by atoms with E-state index in [1.54, 1.807) is 0 Å².